The minimum atomic E-state index is -1.26. The van der Waals surface area contributed by atoms with Gasteiger partial charge in [-0.1, -0.05) is 55.5 Å². The number of carbonyl (C=O) groups is 3. The molecule has 2 aromatic carbocycles. The minimum Gasteiger partial charge on any atom is -0.481 e. The SMILES string of the molecule is CCC1(O)CN(C(=O)C(CC(=O)O)NC(=O)OCC2c3ccccc3-c3ccccc32)C1. The molecule has 1 heterocycles. The fourth-order valence-electron chi connectivity index (χ4n) is 4.42. The second kappa shape index (κ2) is 8.63. The number of carbonyl (C=O) groups excluding carboxylic acids is 2. The Morgan fingerprint density at radius 1 is 1.09 bits per heavy atom. The molecule has 2 aromatic rings. The number of carboxylic acids is 1. The van der Waals surface area contributed by atoms with Gasteiger partial charge in [0.25, 0.3) is 0 Å². The van der Waals surface area contributed by atoms with Crippen LogP contribution in [0, 0.1) is 0 Å². The van der Waals surface area contributed by atoms with Crippen LogP contribution < -0.4 is 5.32 Å². The van der Waals surface area contributed by atoms with Crippen molar-refractivity contribution in [2.45, 2.75) is 37.3 Å². The quantitative estimate of drug-likeness (QED) is 0.611. The van der Waals surface area contributed by atoms with Gasteiger partial charge in [-0.05, 0) is 28.7 Å². The van der Waals surface area contributed by atoms with Crippen LogP contribution in [0.5, 0.6) is 0 Å². The summed E-state index contributed by atoms with van der Waals surface area (Å²) in [5.41, 5.74) is 3.35. The molecule has 168 valence electrons. The van der Waals surface area contributed by atoms with Crippen molar-refractivity contribution in [1.82, 2.24) is 10.2 Å². The topological polar surface area (TPSA) is 116 Å². The summed E-state index contributed by atoms with van der Waals surface area (Å²) in [5, 5.41) is 21.7. The van der Waals surface area contributed by atoms with Crippen molar-refractivity contribution >= 4 is 18.0 Å². The lowest BCUT2D eigenvalue weighted by Gasteiger charge is -2.47. The maximum absolute atomic E-state index is 12.7. The number of aliphatic hydroxyl groups is 1. The zero-order valence-corrected chi connectivity index (χ0v) is 17.8. The zero-order valence-electron chi connectivity index (χ0n) is 17.8. The van der Waals surface area contributed by atoms with Gasteiger partial charge in [-0.15, -0.1) is 0 Å². The first kappa shape index (κ1) is 21.8. The Morgan fingerprint density at radius 2 is 1.66 bits per heavy atom. The van der Waals surface area contributed by atoms with Crippen molar-refractivity contribution < 1.29 is 29.3 Å². The number of β-amino-alcohol motifs (C(OH)–C–C–N with tert-alkyl or cyclic N) is 1. The van der Waals surface area contributed by atoms with E-state index in [1.807, 2.05) is 55.5 Å². The third-order valence-corrected chi connectivity index (χ3v) is 6.25. The third-order valence-electron chi connectivity index (χ3n) is 6.25. The Bertz CT molecular complexity index is 1000. The number of fused-ring (bicyclic) bond motifs is 3. The molecule has 1 atom stereocenters. The Kier molecular flexibility index (Phi) is 5.88. The van der Waals surface area contributed by atoms with Crippen LogP contribution in [-0.4, -0.2) is 64.4 Å². The van der Waals surface area contributed by atoms with E-state index >= 15 is 0 Å². The van der Waals surface area contributed by atoms with Crippen molar-refractivity contribution in [2.24, 2.45) is 0 Å². The van der Waals surface area contributed by atoms with Crippen LogP contribution >= 0.6 is 0 Å². The number of alkyl carbamates (subject to hydrolysis) is 1. The van der Waals surface area contributed by atoms with Gasteiger partial charge >= 0.3 is 12.1 Å². The molecule has 1 unspecified atom stereocenters. The number of amides is 2. The van der Waals surface area contributed by atoms with Gasteiger partial charge in [0.15, 0.2) is 0 Å². The van der Waals surface area contributed by atoms with E-state index in [9.17, 15) is 24.6 Å². The van der Waals surface area contributed by atoms with E-state index in [0.717, 1.165) is 22.3 Å². The van der Waals surface area contributed by atoms with Gasteiger partial charge in [-0.2, -0.15) is 0 Å². The maximum atomic E-state index is 12.7. The Balaban J connectivity index is 1.41. The number of nitrogens with zero attached hydrogens (tertiary/aromatic N) is 1. The van der Waals surface area contributed by atoms with Crippen LogP contribution in [0.4, 0.5) is 4.79 Å². The highest BCUT2D eigenvalue weighted by atomic mass is 16.5. The van der Waals surface area contributed by atoms with E-state index < -0.39 is 36.0 Å². The summed E-state index contributed by atoms with van der Waals surface area (Å²) in [6, 6.07) is 14.6. The average Bonchev–Trinajstić information content (AvgIpc) is 3.08. The summed E-state index contributed by atoms with van der Waals surface area (Å²) in [5.74, 6) is -1.90. The predicted octanol–water partition coefficient (Wildman–Crippen LogP) is 2.35. The first-order valence-corrected chi connectivity index (χ1v) is 10.7. The van der Waals surface area contributed by atoms with Gasteiger partial charge in [0.2, 0.25) is 5.91 Å². The van der Waals surface area contributed by atoms with E-state index in [2.05, 4.69) is 5.32 Å². The molecule has 1 aliphatic heterocycles. The van der Waals surface area contributed by atoms with E-state index in [4.69, 9.17) is 4.74 Å². The normalized spacial score (nSPS) is 17.0. The van der Waals surface area contributed by atoms with Crippen LogP contribution in [0.15, 0.2) is 48.5 Å². The van der Waals surface area contributed by atoms with Crippen LogP contribution in [0.3, 0.4) is 0 Å². The second-order valence-electron chi connectivity index (χ2n) is 8.39. The van der Waals surface area contributed by atoms with Crippen molar-refractivity contribution in [1.29, 1.82) is 0 Å². The fourth-order valence-corrected chi connectivity index (χ4v) is 4.42. The Hall–Kier alpha value is -3.39. The van der Waals surface area contributed by atoms with Crippen molar-refractivity contribution in [2.75, 3.05) is 19.7 Å². The molecule has 1 fully saturated rings. The van der Waals surface area contributed by atoms with E-state index in [1.165, 1.54) is 4.90 Å². The van der Waals surface area contributed by atoms with Crippen LogP contribution in [0.1, 0.15) is 36.8 Å². The smallest absolute Gasteiger partial charge is 0.407 e. The molecular weight excluding hydrogens is 412 g/mol. The standard InChI is InChI=1S/C24H26N2O6/c1-2-24(31)13-26(14-24)22(29)20(11-21(27)28)25-23(30)32-12-19-17-9-5-3-7-15(17)16-8-4-6-10-18(16)19/h3-10,19-20,31H,2,11-14H2,1H3,(H,25,30)(H,27,28). The number of hydrogen-bond donors (Lipinski definition) is 3. The molecule has 1 aliphatic carbocycles. The lowest BCUT2D eigenvalue weighted by Crippen LogP contribution is -2.66. The molecule has 1 saturated heterocycles. The van der Waals surface area contributed by atoms with Gasteiger partial charge in [0.05, 0.1) is 25.1 Å². The van der Waals surface area contributed by atoms with E-state index in [-0.39, 0.29) is 25.6 Å². The monoisotopic (exact) mass is 438 g/mol. The number of ether oxygens (including phenoxy) is 1. The van der Waals surface area contributed by atoms with Gasteiger partial charge in [0, 0.05) is 5.92 Å². The molecule has 0 aromatic heterocycles. The number of carboxylic acid groups (broad SMARTS) is 1. The first-order chi connectivity index (χ1) is 15.3. The number of rotatable bonds is 7. The number of likely N-dealkylation sites (tertiary alicyclic amines) is 1. The van der Waals surface area contributed by atoms with Gasteiger partial charge in [0.1, 0.15) is 12.6 Å². The largest absolute Gasteiger partial charge is 0.481 e. The number of nitrogens with one attached hydrogen (secondary N) is 1. The summed E-state index contributed by atoms with van der Waals surface area (Å²) in [4.78, 5) is 37.7. The molecule has 2 aliphatic rings. The number of hydrogen-bond acceptors (Lipinski definition) is 5. The highest BCUT2D eigenvalue weighted by Crippen LogP contribution is 2.44. The van der Waals surface area contributed by atoms with Gasteiger partial charge in [-0.3, -0.25) is 9.59 Å². The molecule has 0 radical (unpaired) electrons. The van der Waals surface area contributed by atoms with Crippen molar-refractivity contribution in [3.8, 4) is 11.1 Å². The molecule has 8 nitrogen and oxygen atoms in total. The maximum Gasteiger partial charge on any atom is 0.407 e. The molecule has 4 rings (SSSR count). The molecule has 2 amide bonds. The third kappa shape index (κ3) is 4.18. The van der Waals surface area contributed by atoms with Gasteiger partial charge < -0.3 is 25.2 Å². The van der Waals surface area contributed by atoms with E-state index in [0.29, 0.717) is 6.42 Å². The highest BCUT2D eigenvalue weighted by Gasteiger charge is 2.44. The Labute approximate surface area is 185 Å². The molecule has 0 saturated carbocycles. The molecule has 8 heteroatoms. The predicted molar refractivity (Wildman–Crippen MR) is 116 cm³/mol. The number of aliphatic carboxylic acids is 1. The summed E-state index contributed by atoms with van der Waals surface area (Å²) in [6.07, 6.45) is -0.928. The molecule has 3 N–H and O–H groups in total. The lowest BCUT2D eigenvalue weighted by molar-refractivity contribution is -0.159. The molecule has 0 bridgehead atoms. The van der Waals surface area contributed by atoms with Crippen LogP contribution in [-0.2, 0) is 14.3 Å². The lowest BCUT2D eigenvalue weighted by atomic mass is 9.90. The van der Waals surface area contributed by atoms with E-state index in [1.54, 1.807) is 0 Å². The second-order valence-corrected chi connectivity index (χ2v) is 8.39. The fraction of sp³-hybridized carbons (Fsp3) is 0.375. The van der Waals surface area contributed by atoms with Crippen molar-refractivity contribution in [3.63, 3.8) is 0 Å². The van der Waals surface area contributed by atoms with Crippen LogP contribution in [0.2, 0.25) is 0 Å². The van der Waals surface area contributed by atoms with Crippen molar-refractivity contribution in [3.05, 3.63) is 59.7 Å². The summed E-state index contributed by atoms with van der Waals surface area (Å²) in [6.45, 7) is 2.11. The summed E-state index contributed by atoms with van der Waals surface area (Å²) in [7, 11) is 0. The highest BCUT2D eigenvalue weighted by molar-refractivity contribution is 5.90. The first-order valence-electron chi connectivity index (χ1n) is 10.7. The molecular formula is C24H26N2O6. The summed E-state index contributed by atoms with van der Waals surface area (Å²) >= 11 is 0. The minimum absolute atomic E-state index is 0.0626. The van der Waals surface area contributed by atoms with Gasteiger partial charge in [-0.25, -0.2) is 4.79 Å². The Morgan fingerprint density at radius 3 is 2.19 bits per heavy atom. The molecule has 32 heavy (non-hydrogen) atoms. The summed E-state index contributed by atoms with van der Waals surface area (Å²) < 4.78 is 5.43. The van der Waals surface area contributed by atoms with Crippen LogP contribution in [0.25, 0.3) is 11.1 Å². The molecule has 0 spiro atoms. The average molecular weight is 438 g/mol. The number of benzene rings is 2. The zero-order chi connectivity index (χ0) is 22.9.